The van der Waals surface area contributed by atoms with Crippen LogP contribution in [0.3, 0.4) is 0 Å². The van der Waals surface area contributed by atoms with Crippen molar-refractivity contribution >= 4 is 35.1 Å². The number of hydrogen-bond donors (Lipinski definition) is 0. The average Bonchev–Trinajstić information content (AvgIpc) is 2.55. The van der Waals surface area contributed by atoms with E-state index in [-0.39, 0.29) is 0 Å². The van der Waals surface area contributed by atoms with Gasteiger partial charge in [0.15, 0.2) is 12.7 Å². The molecule has 0 fully saturated rings. The number of hydrogen-bond acceptors (Lipinski definition) is 1. The molecule has 2 nitrogen and oxygen atoms in total. The van der Waals surface area contributed by atoms with Crippen LogP contribution < -0.4 is 10.0 Å². The minimum absolute atomic E-state index is 0.880. The topological polar surface area (TPSA) is 16.8 Å². The summed E-state index contributed by atoms with van der Waals surface area (Å²) in [5.41, 5.74) is 4.91. The standard InChI is InChI=1S/C19H16BN2/c20-15-5-1-4-14(12-15)13-22-11-3-7-17-16-6-2-10-21-18(16)8-9-19(17)22/h1-12H,13,20H2/q+1. The molecule has 22 heavy (non-hydrogen) atoms. The Hall–Kier alpha value is -2.68. The van der Waals surface area contributed by atoms with E-state index in [9.17, 15) is 0 Å². The predicted molar refractivity (Wildman–Crippen MR) is 93.2 cm³/mol. The molecule has 0 atom stereocenters. The van der Waals surface area contributed by atoms with Gasteiger partial charge in [-0.2, -0.15) is 4.57 Å². The third-order valence-corrected chi connectivity index (χ3v) is 4.08. The van der Waals surface area contributed by atoms with Crippen LogP contribution in [0.15, 0.2) is 73.1 Å². The van der Waals surface area contributed by atoms with E-state index in [1.54, 1.807) is 0 Å². The fourth-order valence-electron chi connectivity index (χ4n) is 3.06. The SMILES string of the molecule is Bc1cccc(C[n+]2cccc3c4cccnc4ccc32)c1. The van der Waals surface area contributed by atoms with Crippen molar-refractivity contribution in [1.82, 2.24) is 4.98 Å². The molecule has 2 aromatic carbocycles. The van der Waals surface area contributed by atoms with Crippen LogP contribution in [0.4, 0.5) is 0 Å². The summed E-state index contributed by atoms with van der Waals surface area (Å²) < 4.78 is 2.30. The molecule has 4 rings (SSSR count). The van der Waals surface area contributed by atoms with Crippen molar-refractivity contribution in [2.45, 2.75) is 6.54 Å². The van der Waals surface area contributed by atoms with Crippen molar-refractivity contribution in [3.63, 3.8) is 0 Å². The number of benzene rings is 2. The Morgan fingerprint density at radius 3 is 2.73 bits per heavy atom. The summed E-state index contributed by atoms with van der Waals surface area (Å²) in [5, 5.41) is 2.46. The molecule has 0 bridgehead atoms. The molecule has 0 aliphatic carbocycles. The fraction of sp³-hybridized carbons (Fsp3) is 0.0526. The van der Waals surface area contributed by atoms with E-state index >= 15 is 0 Å². The minimum Gasteiger partial charge on any atom is -0.256 e. The van der Waals surface area contributed by atoms with Crippen molar-refractivity contribution in [2.24, 2.45) is 0 Å². The van der Waals surface area contributed by atoms with Crippen molar-refractivity contribution in [3.05, 3.63) is 78.6 Å². The molecule has 3 heteroatoms. The second kappa shape index (κ2) is 5.26. The van der Waals surface area contributed by atoms with Crippen molar-refractivity contribution < 1.29 is 4.57 Å². The quantitative estimate of drug-likeness (QED) is 0.312. The molecular weight excluding hydrogens is 267 g/mol. The molecule has 0 unspecified atom stereocenters. The van der Waals surface area contributed by atoms with Gasteiger partial charge in [-0.25, -0.2) is 0 Å². The van der Waals surface area contributed by atoms with Crippen molar-refractivity contribution in [2.75, 3.05) is 0 Å². The van der Waals surface area contributed by atoms with E-state index in [0.717, 1.165) is 12.1 Å². The number of pyridine rings is 2. The molecule has 0 saturated heterocycles. The molecule has 0 saturated carbocycles. The van der Waals surface area contributed by atoms with Gasteiger partial charge in [0, 0.05) is 29.3 Å². The molecule has 2 aromatic heterocycles. The van der Waals surface area contributed by atoms with E-state index in [1.807, 2.05) is 12.3 Å². The Kier molecular flexibility index (Phi) is 3.12. The first-order chi connectivity index (χ1) is 10.8. The zero-order chi connectivity index (χ0) is 14.9. The molecule has 0 aliphatic heterocycles. The summed E-state index contributed by atoms with van der Waals surface area (Å²) in [5.74, 6) is 0. The zero-order valence-electron chi connectivity index (χ0n) is 12.5. The number of nitrogens with zero attached hydrogens (tertiary/aromatic N) is 2. The van der Waals surface area contributed by atoms with Crippen LogP contribution in [0.25, 0.3) is 21.8 Å². The molecular formula is C19H16BN2+. The lowest BCUT2D eigenvalue weighted by Gasteiger charge is -2.05. The number of fused-ring (bicyclic) bond motifs is 3. The first-order valence-corrected chi connectivity index (χ1v) is 7.53. The summed E-state index contributed by atoms with van der Waals surface area (Å²) in [7, 11) is 2.14. The summed E-state index contributed by atoms with van der Waals surface area (Å²) >= 11 is 0. The van der Waals surface area contributed by atoms with Crippen LogP contribution in [-0.2, 0) is 6.54 Å². The van der Waals surface area contributed by atoms with Gasteiger partial charge in [0.1, 0.15) is 7.85 Å². The largest absolute Gasteiger partial charge is 0.256 e. The first-order valence-electron chi connectivity index (χ1n) is 7.53. The fourth-order valence-corrected chi connectivity index (χ4v) is 3.06. The Morgan fingerprint density at radius 2 is 1.82 bits per heavy atom. The van der Waals surface area contributed by atoms with E-state index in [1.165, 1.54) is 27.3 Å². The smallest absolute Gasteiger partial charge is 0.213 e. The predicted octanol–water partition coefficient (Wildman–Crippen LogP) is 1.98. The van der Waals surface area contributed by atoms with Crippen molar-refractivity contribution in [3.8, 4) is 0 Å². The molecule has 2 heterocycles. The van der Waals surface area contributed by atoms with Crippen molar-refractivity contribution in [1.29, 1.82) is 0 Å². The van der Waals surface area contributed by atoms with E-state index < -0.39 is 0 Å². The molecule has 0 N–H and O–H groups in total. The summed E-state index contributed by atoms with van der Waals surface area (Å²) in [4.78, 5) is 4.45. The summed E-state index contributed by atoms with van der Waals surface area (Å²) in [6.45, 7) is 0.880. The second-order valence-electron chi connectivity index (χ2n) is 5.69. The molecule has 0 radical (unpaired) electrons. The highest BCUT2D eigenvalue weighted by atomic mass is 14.9. The zero-order valence-corrected chi connectivity index (χ0v) is 12.5. The second-order valence-corrected chi connectivity index (χ2v) is 5.69. The maximum atomic E-state index is 4.45. The van der Waals surface area contributed by atoms with Gasteiger partial charge in [-0.15, -0.1) is 0 Å². The van der Waals surface area contributed by atoms with Crippen LogP contribution in [0.5, 0.6) is 0 Å². The Morgan fingerprint density at radius 1 is 0.909 bits per heavy atom. The van der Waals surface area contributed by atoms with Crippen LogP contribution in [0.1, 0.15) is 5.56 Å². The van der Waals surface area contributed by atoms with Crippen LogP contribution in [0, 0.1) is 0 Å². The van der Waals surface area contributed by atoms with Gasteiger partial charge in [-0.3, -0.25) is 4.98 Å². The monoisotopic (exact) mass is 283 g/mol. The van der Waals surface area contributed by atoms with E-state index in [0.29, 0.717) is 0 Å². The van der Waals surface area contributed by atoms with Gasteiger partial charge < -0.3 is 0 Å². The Bertz CT molecular complexity index is 979. The van der Waals surface area contributed by atoms with Crippen LogP contribution in [0.2, 0.25) is 0 Å². The van der Waals surface area contributed by atoms with Gasteiger partial charge in [0.2, 0.25) is 5.52 Å². The van der Waals surface area contributed by atoms with Gasteiger partial charge >= 0.3 is 0 Å². The van der Waals surface area contributed by atoms with Gasteiger partial charge in [-0.1, -0.05) is 35.8 Å². The Labute approximate surface area is 130 Å². The lowest BCUT2D eigenvalue weighted by atomic mass is 9.94. The maximum absolute atomic E-state index is 4.45. The highest BCUT2D eigenvalue weighted by Gasteiger charge is 2.11. The summed E-state index contributed by atoms with van der Waals surface area (Å²) in [6, 6.07) is 21.4. The highest BCUT2D eigenvalue weighted by molar-refractivity contribution is 6.32. The Balaban J connectivity index is 1.90. The van der Waals surface area contributed by atoms with Gasteiger partial charge in [0.25, 0.3) is 0 Å². The van der Waals surface area contributed by atoms with Gasteiger partial charge in [-0.05, 0) is 18.2 Å². The molecule has 0 spiro atoms. The maximum Gasteiger partial charge on any atom is 0.213 e. The third-order valence-electron chi connectivity index (χ3n) is 4.08. The number of rotatable bonds is 2. The lowest BCUT2D eigenvalue weighted by molar-refractivity contribution is -0.662. The third kappa shape index (κ3) is 2.25. The van der Waals surface area contributed by atoms with E-state index in [4.69, 9.17) is 0 Å². The average molecular weight is 283 g/mol. The number of aromatic nitrogens is 2. The van der Waals surface area contributed by atoms with Gasteiger partial charge in [0.05, 0.1) is 10.9 Å². The van der Waals surface area contributed by atoms with Crippen LogP contribution in [-0.4, -0.2) is 12.8 Å². The van der Waals surface area contributed by atoms with E-state index in [2.05, 4.69) is 78.2 Å². The summed E-state index contributed by atoms with van der Waals surface area (Å²) in [6.07, 6.45) is 3.99. The molecule has 104 valence electrons. The molecule has 0 amide bonds. The van der Waals surface area contributed by atoms with Crippen LogP contribution >= 0.6 is 0 Å². The molecule has 4 aromatic rings. The highest BCUT2D eigenvalue weighted by Crippen LogP contribution is 2.21. The lowest BCUT2D eigenvalue weighted by Crippen LogP contribution is -2.34. The minimum atomic E-state index is 0.880. The normalized spacial score (nSPS) is 11.1. The first kappa shape index (κ1) is 13.0. The molecule has 0 aliphatic rings.